The third kappa shape index (κ3) is 2.25. The first-order valence-corrected chi connectivity index (χ1v) is 6.88. The van der Waals surface area contributed by atoms with Crippen molar-refractivity contribution in [1.82, 2.24) is 9.97 Å². The maximum absolute atomic E-state index is 12.0. The van der Waals surface area contributed by atoms with E-state index >= 15 is 0 Å². The minimum Gasteiger partial charge on any atom is -0.494 e. The summed E-state index contributed by atoms with van der Waals surface area (Å²) >= 11 is 0.913. The lowest BCUT2D eigenvalue weighted by atomic mass is 10.1. The fourth-order valence-electron chi connectivity index (χ4n) is 2.15. The molecule has 0 amide bonds. The highest BCUT2D eigenvalue weighted by Crippen LogP contribution is 2.20. The SMILES string of the molecule is Cc1ccc2[nH]c(=O)c(Cc3sc(=O)[nH]c3O)cc2c1. The Hall–Kier alpha value is -2.34. The molecule has 0 fully saturated rings. The van der Waals surface area contributed by atoms with Gasteiger partial charge in [-0.15, -0.1) is 0 Å². The molecule has 0 saturated heterocycles. The molecule has 5 nitrogen and oxygen atoms in total. The number of H-pyrrole nitrogens is 2. The molecule has 0 atom stereocenters. The lowest BCUT2D eigenvalue weighted by molar-refractivity contribution is 0.451. The van der Waals surface area contributed by atoms with Crippen molar-refractivity contribution in [3.8, 4) is 5.88 Å². The van der Waals surface area contributed by atoms with Crippen LogP contribution in [0.15, 0.2) is 33.9 Å². The average molecular weight is 288 g/mol. The number of aromatic hydroxyl groups is 1. The van der Waals surface area contributed by atoms with Gasteiger partial charge >= 0.3 is 4.87 Å². The number of aromatic amines is 2. The van der Waals surface area contributed by atoms with Crippen LogP contribution in [0.1, 0.15) is 16.0 Å². The minimum atomic E-state index is -0.328. The number of benzene rings is 1. The molecular weight excluding hydrogens is 276 g/mol. The Kier molecular flexibility index (Phi) is 2.94. The lowest BCUT2D eigenvalue weighted by Crippen LogP contribution is -2.12. The molecule has 0 unspecified atom stereocenters. The van der Waals surface area contributed by atoms with Crippen molar-refractivity contribution >= 4 is 22.2 Å². The van der Waals surface area contributed by atoms with E-state index in [2.05, 4.69) is 9.97 Å². The van der Waals surface area contributed by atoms with Crippen molar-refractivity contribution in [2.24, 2.45) is 0 Å². The van der Waals surface area contributed by atoms with Crippen LogP contribution < -0.4 is 10.4 Å². The molecule has 20 heavy (non-hydrogen) atoms. The number of rotatable bonds is 2. The Bertz CT molecular complexity index is 905. The molecule has 6 heteroatoms. The third-order valence-electron chi connectivity index (χ3n) is 3.13. The van der Waals surface area contributed by atoms with Gasteiger partial charge in [0, 0.05) is 17.5 Å². The first kappa shape index (κ1) is 12.7. The van der Waals surface area contributed by atoms with E-state index in [9.17, 15) is 14.7 Å². The van der Waals surface area contributed by atoms with Gasteiger partial charge in [-0.25, -0.2) is 0 Å². The summed E-state index contributed by atoms with van der Waals surface area (Å²) in [5.74, 6) is -0.163. The molecule has 1 aromatic carbocycles. The molecule has 0 aliphatic carbocycles. The monoisotopic (exact) mass is 288 g/mol. The molecule has 0 saturated carbocycles. The molecule has 0 bridgehead atoms. The Morgan fingerprint density at radius 3 is 2.70 bits per heavy atom. The van der Waals surface area contributed by atoms with Gasteiger partial charge < -0.3 is 10.1 Å². The van der Waals surface area contributed by atoms with E-state index < -0.39 is 0 Å². The summed E-state index contributed by atoms with van der Waals surface area (Å²) in [5, 5.41) is 10.5. The second kappa shape index (κ2) is 4.64. The summed E-state index contributed by atoms with van der Waals surface area (Å²) in [4.78, 5) is 28.4. The van der Waals surface area contributed by atoms with E-state index in [1.165, 1.54) is 0 Å². The summed E-state index contributed by atoms with van der Waals surface area (Å²) < 4.78 is 0. The predicted octanol–water partition coefficient (Wildman–Crippen LogP) is 1.88. The van der Waals surface area contributed by atoms with Gasteiger partial charge in [-0.3, -0.25) is 14.6 Å². The van der Waals surface area contributed by atoms with E-state index in [-0.39, 0.29) is 22.7 Å². The van der Waals surface area contributed by atoms with Crippen LogP contribution in [0.4, 0.5) is 0 Å². The molecule has 3 aromatic rings. The Balaban J connectivity index is 2.11. The van der Waals surface area contributed by atoms with Crippen molar-refractivity contribution in [2.45, 2.75) is 13.3 Å². The number of nitrogens with one attached hydrogen (secondary N) is 2. The normalized spacial score (nSPS) is 11.1. The molecule has 2 heterocycles. The molecule has 0 radical (unpaired) electrons. The quantitative estimate of drug-likeness (QED) is 0.673. The summed E-state index contributed by atoms with van der Waals surface area (Å²) in [5.41, 5.74) is 2.19. The van der Waals surface area contributed by atoms with Gasteiger partial charge in [-0.05, 0) is 30.5 Å². The molecule has 2 aromatic heterocycles. The summed E-state index contributed by atoms with van der Waals surface area (Å²) in [6, 6.07) is 7.57. The van der Waals surface area contributed by atoms with Gasteiger partial charge in [0.2, 0.25) is 5.88 Å². The van der Waals surface area contributed by atoms with Gasteiger partial charge in [0.25, 0.3) is 5.56 Å². The molecule has 3 rings (SSSR count). The first-order valence-electron chi connectivity index (χ1n) is 6.06. The van der Waals surface area contributed by atoms with Gasteiger partial charge in [0.05, 0.1) is 4.88 Å². The summed E-state index contributed by atoms with van der Waals surface area (Å²) in [7, 11) is 0. The number of aromatic nitrogens is 2. The average Bonchev–Trinajstić information content (AvgIpc) is 2.69. The molecule has 0 aliphatic heterocycles. The Morgan fingerprint density at radius 1 is 1.20 bits per heavy atom. The van der Waals surface area contributed by atoms with Crippen LogP contribution in [-0.4, -0.2) is 15.1 Å². The lowest BCUT2D eigenvalue weighted by Gasteiger charge is -2.03. The fourth-order valence-corrected chi connectivity index (χ4v) is 2.89. The van der Waals surface area contributed by atoms with Crippen LogP contribution >= 0.6 is 11.3 Å². The topological polar surface area (TPSA) is 86.0 Å². The van der Waals surface area contributed by atoms with E-state index in [1.807, 2.05) is 25.1 Å². The van der Waals surface area contributed by atoms with Crippen LogP contribution in [-0.2, 0) is 6.42 Å². The summed E-state index contributed by atoms with van der Waals surface area (Å²) in [6.07, 6.45) is 0.231. The van der Waals surface area contributed by atoms with Gasteiger partial charge in [0.1, 0.15) is 0 Å². The Labute approximate surface area is 117 Å². The molecule has 0 spiro atoms. The van der Waals surface area contributed by atoms with Crippen molar-refractivity contribution in [1.29, 1.82) is 0 Å². The van der Waals surface area contributed by atoms with Gasteiger partial charge in [-0.1, -0.05) is 23.0 Å². The highest BCUT2D eigenvalue weighted by atomic mass is 32.1. The molecule has 3 N–H and O–H groups in total. The van der Waals surface area contributed by atoms with Crippen molar-refractivity contribution in [3.05, 3.63) is 60.3 Å². The highest BCUT2D eigenvalue weighted by Gasteiger charge is 2.11. The van der Waals surface area contributed by atoms with Crippen LogP contribution in [0.3, 0.4) is 0 Å². The Morgan fingerprint density at radius 2 is 2.00 bits per heavy atom. The van der Waals surface area contributed by atoms with Crippen LogP contribution in [0, 0.1) is 6.92 Å². The molecule has 102 valence electrons. The zero-order chi connectivity index (χ0) is 14.3. The van der Waals surface area contributed by atoms with Gasteiger partial charge in [0.15, 0.2) is 0 Å². The number of fused-ring (bicyclic) bond motifs is 1. The standard InChI is InChI=1S/C14H12N2O3S/c1-7-2-3-10-8(4-7)5-9(12(17)15-10)6-11-13(18)16-14(19)20-11/h2-5,18H,6H2,1H3,(H,15,17)(H,16,19). The summed E-state index contributed by atoms with van der Waals surface area (Å²) in [6.45, 7) is 1.98. The van der Waals surface area contributed by atoms with Gasteiger partial charge in [-0.2, -0.15) is 0 Å². The number of hydrogen-bond acceptors (Lipinski definition) is 4. The van der Waals surface area contributed by atoms with Crippen LogP contribution in [0.2, 0.25) is 0 Å². The molecule has 0 aliphatic rings. The van der Waals surface area contributed by atoms with Crippen molar-refractivity contribution in [2.75, 3.05) is 0 Å². The van der Waals surface area contributed by atoms with E-state index in [0.29, 0.717) is 10.4 Å². The predicted molar refractivity (Wildman–Crippen MR) is 78.7 cm³/mol. The van der Waals surface area contributed by atoms with Crippen LogP contribution in [0.25, 0.3) is 10.9 Å². The maximum Gasteiger partial charge on any atom is 0.307 e. The van der Waals surface area contributed by atoms with Crippen LogP contribution in [0.5, 0.6) is 5.88 Å². The van der Waals surface area contributed by atoms with E-state index in [4.69, 9.17) is 0 Å². The zero-order valence-electron chi connectivity index (χ0n) is 10.7. The maximum atomic E-state index is 12.0. The molecular formula is C14H12N2O3S. The largest absolute Gasteiger partial charge is 0.494 e. The number of hydrogen-bond donors (Lipinski definition) is 3. The van der Waals surface area contributed by atoms with Crippen molar-refractivity contribution < 1.29 is 5.11 Å². The second-order valence-electron chi connectivity index (χ2n) is 4.68. The zero-order valence-corrected chi connectivity index (χ0v) is 11.5. The fraction of sp³-hybridized carbons (Fsp3) is 0.143. The highest BCUT2D eigenvalue weighted by molar-refractivity contribution is 7.09. The first-order chi connectivity index (χ1) is 9.52. The second-order valence-corrected chi connectivity index (χ2v) is 5.75. The number of thiazole rings is 1. The van der Waals surface area contributed by atoms with E-state index in [0.717, 1.165) is 27.8 Å². The van der Waals surface area contributed by atoms with Crippen molar-refractivity contribution in [3.63, 3.8) is 0 Å². The van der Waals surface area contributed by atoms with E-state index in [1.54, 1.807) is 6.07 Å². The minimum absolute atomic E-state index is 0.163. The smallest absolute Gasteiger partial charge is 0.307 e. The number of pyridine rings is 1. The third-order valence-corrected chi connectivity index (χ3v) is 4.00. The number of aryl methyl sites for hydroxylation is 1.